The normalized spacial score (nSPS) is 16.9. The largest absolute Gasteiger partial charge is 0.326 e. The molecule has 3 heterocycles. The standard InChI is InChI=1S/C21H24ClN5O/c1-14(2)12-27-19-11-23-9-7-18(19)24-20(27)15-8-10-26(13-15)21(28)25-17-6-4-3-5-16(17)22/h3-7,9,11,14-15H,8,10,12-13H2,1-2H3,(H,25,28)/t15-/m1/s1. The molecular formula is C21H24ClN5O. The molecule has 7 heteroatoms. The highest BCUT2D eigenvalue weighted by Gasteiger charge is 2.31. The summed E-state index contributed by atoms with van der Waals surface area (Å²) in [7, 11) is 0. The van der Waals surface area contributed by atoms with E-state index < -0.39 is 0 Å². The molecule has 1 aliphatic rings. The molecule has 0 saturated carbocycles. The highest BCUT2D eigenvalue weighted by atomic mass is 35.5. The van der Waals surface area contributed by atoms with Crippen LogP contribution in [0.15, 0.2) is 42.7 Å². The van der Waals surface area contributed by atoms with Gasteiger partial charge in [-0.3, -0.25) is 4.98 Å². The monoisotopic (exact) mass is 397 g/mol. The van der Waals surface area contributed by atoms with Gasteiger partial charge < -0.3 is 14.8 Å². The molecule has 0 bridgehead atoms. The van der Waals surface area contributed by atoms with E-state index in [-0.39, 0.29) is 11.9 Å². The Morgan fingerprint density at radius 3 is 2.93 bits per heavy atom. The maximum Gasteiger partial charge on any atom is 0.321 e. The lowest BCUT2D eigenvalue weighted by Crippen LogP contribution is -2.33. The molecular weight excluding hydrogens is 374 g/mol. The van der Waals surface area contributed by atoms with Crippen LogP contribution in [0.2, 0.25) is 5.02 Å². The van der Waals surface area contributed by atoms with Crippen molar-refractivity contribution in [3.8, 4) is 0 Å². The van der Waals surface area contributed by atoms with Gasteiger partial charge in [-0.1, -0.05) is 37.6 Å². The fourth-order valence-electron chi connectivity index (χ4n) is 3.77. The van der Waals surface area contributed by atoms with Crippen molar-refractivity contribution in [3.63, 3.8) is 0 Å². The summed E-state index contributed by atoms with van der Waals surface area (Å²) in [6.45, 7) is 6.63. The Morgan fingerprint density at radius 1 is 1.32 bits per heavy atom. The Bertz CT molecular complexity index is 999. The number of carbonyl (C=O) groups excluding carboxylic acids is 1. The van der Waals surface area contributed by atoms with Crippen LogP contribution in [0.4, 0.5) is 10.5 Å². The van der Waals surface area contributed by atoms with Crippen LogP contribution in [0.5, 0.6) is 0 Å². The van der Waals surface area contributed by atoms with Gasteiger partial charge in [-0.2, -0.15) is 0 Å². The molecule has 0 spiro atoms. The number of pyridine rings is 1. The number of anilines is 1. The summed E-state index contributed by atoms with van der Waals surface area (Å²) in [6, 6.07) is 9.11. The predicted octanol–water partition coefficient (Wildman–Crippen LogP) is 4.76. The fraction of sp³-hybridized carbons (Fsp3) is 0.381. The highest BCUT2D eigenvalue weighted by Crippen LogP contribution is 2.31. The van der Waals surface area contributed by atoms with Gasteiger partial charge in [-0.25, -0.2) is 9.78 Å². The van der Waals surface area contributed by atoms with E-state index in [2.05, 4.69) is 28.7 Å². The molecule has 1 aromatic carbocycles. The van der Waals surface area contributed by atoms with Gasteiger partial charge >= 0.3 is 6.03 Å². The van der Waals surface area contributed by atoms with Crippen molar-refractivity contribution in [1.82, 2.24) is 19.4 Å². The van der Waals surface area contributed by atoms with Gasteiger partial charge in [0, 0.05) is 31.7 Å². The zero-order valence-corrected chi connectivity index (χ0v) is 16.9. The molecule has 146 valence electrons. The van der Waals surface area contributed by atoms with Crippen molar-refractivity contribution in [2.24, 2.45) is 5.92 Å². The first-order valence-electron chi connectivity index (χ1n) is 9.63. The summed E-state index contributed by atoms with van der Waals surface area (Å²) in [5.74, 6) is 1.75. The summed E-state index contributed by atoms with van der Waals surface area (Å²) >= 11 is 6.16. The summed E-state index contributed by atoms with van der Waals surface area (Å²) in [5.41, 5.74) is 2.66. The molecule has 4 rings (SSSR count). The van der Waals surface area contributed by atoms with E-state index in [1.165, 1.54) is 0 Å². The first kappa shape index (κ1) is 18.7. The van der Waals surface area contributed by atoms with E-state index in [4.69, 9.17) is 16.6 Å². The van der Waals surface area contributed by atoms with Crippen molar-refractivity contribution in [3.05, 3.63) is 53.6 Å². The molecule has 28 heavy (non-hydrogen) atoms. The van der Waals surface area contributed by atoms with Crippen molar-refractivity contribution >= 4 is 34.4 Å². The number of para-hydroxylation sites is 1. The number of imidazole rings is 1. The summed E-state index contributed by atoms with van der Waals surface area (Å²) in [6.07, 6.45) is 4.55. The molecule has 2 aromatic heterocycles. The summed E-state index contributed by atoms with van der Waals surface area (Å²) < 4.78 is 2.27. The first-order valence-corrected chi connectivity index (χ1v) is 10.0. The van der Waals surface area contributed by atoms with E-state index in [1.807, 2.05) is 35.4 Å². The van der Waals surface area contributed by atoms with Crippen LogP contribution >= 0.6 is 11.6 Å². The second-order valence-corrected chi connectivity index (χ2v) is 8.09. The zero-order chi connectivity index (χ0) is 19.7. The molecule has 0 radical (unpaired) electrons. The minimum absolute atomic E-state index is 0.121. The number of amides is 2. The van der Waals surface area contributed by atoms with E-state index in [1.54, 1.807) is 12.3 Å². The minimum atomic E-state index is -0.121. The van der Waals surface area contributed by atoms with E-state index in [0.717, 1.165) is 29.8 Å². The average molecular weight is 398 g/mol. The summed E-state index contributed by atoms with van der Waals surface area (Å²) in [4.78, 5) is 23.7. The number of hydrogen-bond acceptors (Lipinski definition) is 3. The summed E-state index contributed by atoms with van der Waals surface area (Å²) in [5, 5.41) is 3.46. The van der Waals surface area contributed by atoms with Crippen molar-refractivity contribution in [2.45, 2.75) is 32.7 Å². The van der Waals surface area contributed by atoms with Gasteiger partial charge in [0.25, 0.3) is 0 Å². The van der Waals surface area contributed by atoms with Crippen LogP contribution in [-0.4, -0.2) is 38.6 Å². The van der Waals surface area contributed by atoms with E-state index >= 15 is 0 Å². The third kappa shape index (κ3) is 3.69. The van der Waals surface area contributed by atoms with Gasteiger partial charge in [0.15, 0.2) is 0 Å². The smallest absolute Gasteiger partial charge is 0.321 e. The van der Waals surface area contributed by atoms with Crippen LogP contribution in [0.1, 0.15) is 32.0 Å². The number of nitrogens with zero attached hydrogens (tertiary/aromatic N) is 4. The number of fused-ring (bicyclic) bond motifs is 1. The zero-order valence-electron chi connectivity index (χ0n) is 16.1. The Kier molecular flexibility index (Phi) is 5.22. The van der Waals surface area contributed by atoms with Gasteiger partial charge in [0.1, 0.15) is 5.82 Å². The number of carbonyl (C=O) groups is 1. The number of rotatable bonds is 4. The van der Waals surface area contributed by atoms with Crippen LogP contribution in [0.3, 0.4) is 0 Å². The molecule has 3 aromatic rings. The molecule has 0 aliphatic carbocycles. The van der Waals surface area contributed by atoms with Crippen LogP contribution in [0, 0.1) is 5.92 Å². The van der Waals surface area contributed by atoms with Crippen molar-refractivity contribution in [1.29, 1.82) is 0 Å². The Labute approximate surface area is 169 Å². The van der Waals surface area contributed by atoms with Crippen molar-refractivity contribution in [2.75, 3.05) is 18.4 Å². The Morgan fingerprint density at radius 2 is 2.14 bits per heavy atom. The molecule has 1 N–H and O–H groups in total. The number of urea groups is 1. The van der Waals surface area contributed by atoms with Gasteiger partial charge in [-0.15, -0.1) is 0 Å². The lowest BCUT2D eigenvalue weighted by molar-refractivity contribution is 0.222. The topological polar surface area (TPSA) is 63.1 Å². The van der Waals surface area contributed by atoms with Crippen LogP contribution in [0.25, 0.3) is 11.0 Å². The fourth-order valence-corrected chi connectivity index (χ4v) is 3.95. The number of benzene rings is 1. The second kappa shape index (κ2) is 7.80. The second-order valence-electron chi connectivity index (χ2n) is 7.68. The molecule has 2 amide bonds. The van der Waals surface area contributed by atoms with Gasteiger partial charge in [-0.05, 0) is 30.5 Å². The van der Waals surface area contributed by atoms with E-state index in [0.29, 0.717) is 29.7 Å². The van der Waals surface area contributed by atoms with Crippen molar-refractivity contribution < 1.29 is 4.79 Å². The Balaban J connectivity index is 1.54. The number of hydrogen-bond donors (Lipinski definition) is 1. The number of aromatic nitrogens is 3. The van der Waals surface area contributed by atoms with Gasteiger partial charge in [0.2, 0.25) is 0 Å². The SMILES string of the molecule is CC(C)Cn1c([C@@H]2CCN(C(=O)Nc3ccccc3Cl)C2)nc2ccncc21. The highest BCUT2D eigenvalue weighted by molar-refractivity contribution is 6.33. The van der Waals surface area contributed by atoms with Gasteiger partial charge in [0.05, 0.1) is 27.9 Å². The molecule has 6 nitrogen and oxygen atoms in total. The molecule has 1 atom stereocenters. The third-order valence-corrected chi connectivity index (χ3v) is 5.41. The number of nitrogens with one attached hydrogen (secondary N) is 1. The first-order chi connectivity index (χ1) is 13.5. The predicted molar refractivity (Wildman–Crippen MR) is 112 cm³/mol. The van der Waals surface area contributed by atoms with Crippen LogP contribution in [-0.2, 0) is 6.54 Å². The van der Waals surface area contributed by atoms with Crippen LogP contribution < -0.4 is 5.32 Å². The lowest BCUT2D eigenvalue weighted by atomic mass is 10.1. The molecule has 1 fully saturated rings. The maximum atomic E-state index is 12.7. The Hall–Kier alpha value is -2.60. The number of halogens is 1. The molecule has 1 aliphatic heterocycles. The number of likely N-dealkylation sites (tertiary alicyclic amines) is 1. The average Bonchev–Trinajstić information content (AvgIpc) is 3.29. The van der Waals surface area contributed by atoms with E-state index in [9.17, 15) is 4.79 Å². The lowest BCUT2D eigenvalue weighted by Gasteiger charge is -2.19. The quantitative estimate of drug-likeness (QED) is 0.690. The molecule has 1 saturated heterocycles. The maximum absolute atomic E-state index is 12.7. The third-order valence-electron chi connectivity index (χ3n) is 5.08. The minimum Gasteiger partial charge on any atom is -0.326 e. The molecule has 0 unspecified atom stereocenters.